The van der Waals surface area contributed by atoms with Gasteiger partial charge in [0.25, 0.3) is 0 Å². The van der Waals surface area contributed by atoms with E-state index in [1.54, 1.807) is 0 Å². The summed E-state index contributed by atoms with van der Waals surface area (Å²) in [5, 5.41) is 18.9. The minimum Gasteiger partial charge on any atom is -0.395 e. The van der Waals surface area contributed by atoms with E-state index in [-0.39, 0.29) is 18.4 Å². The van der Waals surface area contributed by atoms with Gasteiger partial charge < -0.3 is 15.1 Å². The molecule has 0 radical (unpaired) electrons. The largest absolute Gasteiger partial charge is 0.395 e. The molecule has 106 valence electrons. The molecule has 2 aromatic rings. The van der Waals surface area contributed by atoms with Crippen molar-refractivity contribution in [2.24, 2.45) is 0 Å². The van der Waals surface area contributed by atoms with Crippen LogP contribution in [0.4, 0.5) is 5.82 Å². The first-order valence-electron chi connectivity index (χ1n) is 6.26. The Morgan fingerprint density at radius 3 is 2.50 bits per heavy atom. The maximum atomic E-state index is 9.43. The fourth-order valence-corrected chi connectivity index (χ4v) is 2.16. The topological polar surface area (TPSA) is 69.5 Å². The molecule has 0 aliphatic carbocycles. The quantitative estimate of drug-likeness (QED) is 0.792. The van der Waals surface area contributed by atoms with E-state index in [4.69, 9.17) is 11.6 Å². The average molecular weight is 294 g/mol. The Bertz CT molecular complexity index is 551. The van der Waals surface area contributed by atoms with Crippen molar-refractivity contribution < 1.29 is 10.2 Å². The standard InChI is InChI=1S/C14H16ClN3O2/c15-13-12(9-20)14(17-10-16-13)18(6-7-19)8-11-4-2-1-3-5-11/h1-5,10,19-20H,6-9H2. The smallest absolute Gasteiger partial charge is 0.140 e. The zero-order valence-corrected chi connectivity index (χ0v) is 11.7. The first-order valence-corrected chi connectivity index (χ1v) is 6.64. The number of rotatable bonds is 6. The molecule has 6 heteroatoms. The van der Waals surface area contributed by atoms with Crippen molar-refractivity contribution in [3.05, 3.63) is 52.9 Å². The maximum absolute atomic E-state index is 9.43. The Balaban J connectivity index is 2.31. The van der Waals surface area contributed by atoms with Gasteiger partial charge in [0.2, 0.25) is 0 Å². The van der Waals surface area contributed by atoms with Gasteiger partial charge in [-0.15, -0.1) is 0 Å². The van der Waals surface area contributed by atoms with Crippen LogP contribution in [0.1, 0.15) is 11.1 Å². The average Bonchev–Trinajstić information content (AvgIpc) is 2.47. The monoisotopic (exact) mass is 293 g/mol. The zero-order valence-electron chi connectivity index (χ0n) is 10.9. The second-order valence-corrected chi connectivity index (χ2v) is 4.61. The fraction of sp³-hybridized carbons (Fsp3) is 0.286. The number of halogens is 1. The Hall–Kier alpha value is -1.69. The SMILES string of the molecule is OCCN(Cc1ccccc1)c1ncnc(Cl)c1CO. The van der Waals surface area contributed by atoms with Gasteiger partial charge in [-0.05, 0) is 5.56 Å². The normalized spacial score (nSPS) is 10.6. The predicted molar refractivity (Wildman–Crippen MR) is 77.5 cm³/mol. The highest BCUT2D eigenvalue weighted by Gasteiger charge is 2.16. The molecule has 0 amide bonds. The third-order valence-electron chi connectivity index (χ3n) is 2.91. The van der Waals surface area contributed by atoms with Gasteiger partial charge in [0, 0.05) is 13.1 Å². The van der Waals surface area contributed by atoms with Gasteiger partial charge in [0.05, 0.1) is 18.8 Å². The van der Waals surface area contributed by atoms with Crippen molar-refractivity contribution in [3.8, 4) is 0 Å². The van der Waals surface area contributed by atoms with E-state index in [0.717, 1.165) is 5.56 Å². The third-order valence-corrected chi connectivity index (χ3v) is 3.24. The fourth-order valence-electron chi connectivity index (χ4n) is 1.98. The Morgan fingerprint density at radius 1 is 1.10 bits per heavy atom. The molecule has 0 spiro atoms. The van der Waals surface area contributed by atoms with Gasteiger partial charge in [0.1, 0.15) is 17.3 Å². The van der Waals surface area contributed by atoms with Crippen LogP contribution in [0.15, 0.2) is 36.7 Å². The molecular weight excluding hydrogens is 278 g/mol. The molecule has 0 unspecified atom stereocenters. The Labute approximate surface area is 122 Å². The second-order valence-electron chi connectivity index (χ2n) is 4.26. The lowest BCUT2D eigenvalue weighted by Gasteiger charge is -2.25. The highest BCUT2D eigenvalue weighted by atomic mass is 35.5. The highest BCUT2D eigenvalue weighted by Crippen LogP contribution is 2.24. The number of nitrogens with zero attached hydrogens (tertiary/aromatic N) is 3. The molecule has 2 N–H and O–H groups in total. The van der Waals surface area contributed by atoms with E-state index < -0.39 is 0 Å². The molecule has 0 atom stereocenters. The van der Waals surface area contributed by atoms with Crippen molar-refractivity contribution >= 4 is 17.4 Å². The van der Waals surface area contributed by atoms with Crippen LogP contribution in [-0.4, -0.2) is 33.3 Å². The minimum absolute atomic E-state index is 0.0146. The Kier molecular flexibility index (Phi) is 5.29. The third kappa shape index (κ3) is 3.45. The minimum atomic E-state index is -0.244. The predicted octanol–water partition coefficient (Wildman–Crippen LogP) is 1.62. The van der Waals surface area contributed by atoms with Gasteiger partial charge in [-0.1, -0.05) is 41.9 Å². The number of aliphatic hydroxyl groups is 2. The van der Waals surface area contributed by atoms with Crippen LogP contribution < -0.4 is 4.90 Å². The van der Waals surface area contributed by atoms with Crippen molar-refractivity contribution in [3.63, 3.8) is 0 Å². The van der Waals surface area contributed by atoms with Gasteiger partial charge >= 0.3 is 0 Å². The molecule has 0 saturated carbocycles. The van der Waals surface area contributed by atoms with Crippen LogP contribution in [-0.2, 0) is 13.2 Å². The highest BCUT2D eigenvalue weighted by molar-refractivity contribution is 6.30. The summed E-state index contributed by atoms with van der Waals surface area (Å²) in [6.45, 7) is 0.710. The molecule has 5 nitrogen and oxygen atoms in total. The molecule has 1 aromatic heterocycles. The van der Waals surface area contributed by atoms with Gasteiger partial charge in [-0.2, -0.15) is 0 Å². The summed E-state index contributed by atoms with van der Waals surface area (Å²) in [5.41, 5.74) is 1.55. The first-order chi connectivity index (χ1) is 9.76. The number of aliphatic hydroxyl groups excluding tert-OH is 2. The molecular formula is C14H16ClN3O2. The van der Waals surface area contributed by atoms with E-state index in [1.807, 2.05) is 35.2 Å². The van der Waals surface area contributed by atoms with Crippen molar-refractivity contribution in [2.75, 3.05) is 18.1 Å². The lowest BCUT2D eigenvalue weighted by atomic mass is 10.2. The number of anilines is 1. The molecule has 2 rings (SSSR count). The van der Waals surface area contributed by atoms with E-state index in [1.165, 1.54) is 6.33 Å². The van der Waals surface area contributed by atoms with Crippen LogP contribution in [0.5, 0.6) is 0 Å². The lowest BCUT2D eigenvalue weighted by Crippen LogP contribution is -2.28. The molecule has 0 fully saturated rings. The van der Waals surface area contributed by atoms with Crippen LogP contribution in [0.3, 0.4) is 0 Å². The number of benzene rings is 1. The molecule has 0 aliphatic heterocycles. The van der Waals surface area contributed by atoms with E-state index >= 15 is 0 Å². The molecule has 0 aliphatic rings. The van der Waals surface area contributed by atoms with Crippen molar-refractivity contribution in [1.29, 1.82) is 0 Å². The van der Waals surface area contributed by atoms with Crippen LogP contribution in [0, 0.1) is 0 Å². The Morgan fingerprint density at radius 2 is 1.85 bits per heavy atom. The van der Waals surface area contributed by atoms with Crippen molar-refractivity contribution in [2.45, 2.75) is 13.2 Å². The number of aromatic nitrogens is 2. The first kappa shape index (κ1) is 14.7. The van der Waals surface area contributed by atoms with Crippen LogP contribution >= 0.6 is 11.6 Å². The molecule has 0 bridgehead atoms. The molecule has 1 heterocycles. The van der Waals surface area contributed by atoms with E-state index in [9.17, 15) is 10.2 Å². The zero-order chi connectivity index (χ0) is 14.4. The second kappa shape index (κ2) is 7.19. The van der Waals surface area contributed by atoms with Gasteiger partial charge in [-0.25, -0.2) is 9.97 Å². The van der Waals surface area contributed by atoms with Crippen LogP contribution in [0.2, 0.25) is 5.15 Å². The van der Waals surface area contributed by atoms with E-state index in [0.29, 0.717) is 24.5 Å². The lowest BCUT2D eigenvalue weighted by molar-refractivity contribution is 0.279. The number of hydrogen-bond acceptors (Lipinski definition) is 5. The van der Waals surface area contributed by atoms with Crippen LogP contribution in [0.25, 0.3) is 0 Å². The maximum Gasteiger partial charge on any atom is 0.140 e. The molecule has 1 aromatic carbocycles. The summed E-state index contributed by atoms with van der Waals surface area (Å²) < 4.78 is 0. The summed E-state index contributed by atoms with van der Waals surface area (Å²) in [4.78, 5) is 9.92. The van der Waals surface area contributed by atoms with Crippen molar-refractivity contribution in [1.82, 2.24) is 9.97 Å². The summed E-state index contributed by atoms with van der Waals surface area (Å²) in [6.07, 6.45) is 1.35. The summed E-state index contributed by atoms with van der Waals surface area (Å²) in [6, 6.07) is 9.83. The molecule has 0 saturated heterocycles. The summed E-state index contributed by atoms with van der Waals surface area (Å²) >= 11 is 5.98. The van der Waals surface area contributed by atoms with E-state index in [2.05, 4.69) is 9.97 Å². The molecule has 20 heavy (non-hydrogen) atoms. The van der Waals surface area contributed by atoms with Gasteiger partial charge in [0.15, 0.2) is 0 Å². The summed E-state index contributed by atoms with van der Waals surface area (Å²) in [7, 11) is 0. The van der Waals surface area contributed by atoms with Gasteiger partial charge in [-0.3, -0.25) is 0 Å². The number of hydrogen-bond donors (Lipinski definition) is 2. The summed E-state index contributed by atoms with van der Waals surface area (Å²) in [5.74, 6) is 0.547.